The monoisotopic (exact) mass is 348 g/mol. The molecule has 136 valence electrons. The summed E-state index contributed by atoms with van der Waals surface area (Å²) in [5.41, 5.74) is 3.64. The molecule has 1 aromatic heterocycles. The predicted molar refractivity (Wildman–Crippen MR) is 108 cm³/mol. The summed E-state index contributed by atoms with van der Waals surface area (Å²) >= 11 is 0. The number of benzene rings is 2. The van der Waals surface area contributed by atoms with Gasteiger partial charge in [-0.05, 0) is 35.4 Å². The molecule has 3 nitrogen and oxygen atoms in total. The number of aromatic nitrogens is 1. The molecule has 0 aliphatic rings. The lowest BCUT2D eigenvalue weighted by Crippen LogP contribution is -2.25. The number of carbonyl (C=O) groups excluding carboxylic acids is 1. The third kappa shape index (κ3) is 4.34. The van der Waals surface area contributed by atoms with Crippen molar-refractivity contribution in [3.8, 4) is 0 Å². The fraction of sp³-hybridized carbons (Fsp3) is 0.348. The van der Waals surface area contributed by atoms with Gasteiger partial charge in [-0.2, -0.15) is 0 Å². The van der Waals surface area contributed by atoms with Crippen molar-refractivity contribution in [2.24, 2.45) is 13.0 Å². The maximum Gasteiger partial charge on any atom is 0.220 e. The normalized spacial score (nSPS) is 12.5. The Hall–Kier alpha value is -2.55. The summed E-state index contributed by atoms with van der Waals surface area (Å²) in [7, 11) is 2.08. The van der Waals surface area contributed by atoms with Crippen molar-refractivity contribution < 1.29 is 4.79 Å². The number of aryl methyl sites for hydroxylation is 1. The van der Waals surface area contributed by atoms with Crippen LogP contribution in [-0.2, 0) is 18.4 Å². The van der Waals surface area contributed by atoms with E-state index in [2.05, 4.69) is 61.2 Å². The molecule has 0 bridgehead atoms. The van der Waals surface area contributed by atoms with Crippen LogP contribution >= 0.6 is 0 Å². The molecule has 2 aromatic carbocycles. The van der Waals surface area contributed by atoms with E-state index in [9.17, 15) is 4.79 Å². The van der Waals surface area contributed by atoms with E-state index in [4.69, 9.17) is 0 Å². The number of para-hydroxylation sites is 1. The molecule has 0 spiro atoms. The number of nitrogens with zero attached hydrogens (tertiary/aromatic N) is 1. The number of nitrogens with one attached hydrogen (secondary N) is 1. The van der Waals surface area contributed by atoms with Gasteiger partial charge in [-0.25, -0.2) is 0 Å². The zero-order valence-electron chi connectivity index (χ0n) is 15.9. The van der Waals surface area contributed by atoms with E-state index >= 15 is 0 Å². The van der Waals surface area contributed by atoms with Crippen LogP contribution in [0.3, 0.4) is 0 Å². The third-order valence-corrected chi connectivity index (χ3v) is 4.89. The van der Waals surface area contributed by atoms with E-state index < -0.39 is 0 Å². The molecule has 0 saturated carbocycles. The van der Waals surface area contributed by atoms with Crippen molar-refractivity contribution in [1.29, 1.82) is 0 Å². The first-order valence-corrected chi connectivity index (χ1v) is 9.39. The van der Waals surface area contributed by atoms with Gasteiger partial charge in [0, 0.05) is 37.1 Å². The number of fused-ring (bicyclic) bond motifs is 1. The largest absolute Gasteiger partial charge is 0.352 e. The lowest BCUT2D eigenvalue weighted by molar-refractivity contribution is -0.121. The smallest absolute Gasteiger partial charge is 0.220 e. The van der Waals surface area contributed by atoms with E-state index in [1.165, 1.54) is 16.5 Å². The zero-order valence-corrected chi connectivity index (χ0v) is 15.9. The topological polar surface area (TPSA) is 34.0 Å². The standard InChI is InChI=1S/C23H28N2O/c1-17(2)13-19(14-23(26)24-15-18-9-5-4-6-10-18)21-16-25(3)22-12-8-7-11-20(21)22/h4-12,16-17,19H,13-15H2,1-3H3,(H,24,26). The molecule has 0 saturated heterocycles. The number of hydrogen-bond acceptors (Lipinski definition) is 1. The number of rotatable bonds is 7. The molecular weight excluding hydrogens is 320 g/mol. The second-order valence-corrected chi connectivity index (χ2v) is 7.51. The Bertz CT molecular complexity index is 864. The molecule has 1 amide bonds. The van der Waals surface area contributed by atoms with Gasteiger partial charge in [0.2, 0.25) is 5.91 Å². The third-order valence-electron chi connectivity index (χ3n) is 4.89. The Morgan fingerprint density at radius 2 is 1.73 bits per heavy atom. The van der Waals surface area contributed by atoms with E-state index in [-0.39, 0.29) is 11.8 Å². The van der Waals surface area contributed by atoms with E-state index in [0.717, 1.165) is 12.0 Å². The molecule has 1 heterocycles. The quantitative estimate of drug-likeness (QED) is 0.639. The maximum absolute atomic E-state index is 12.6. The summed E-state index contributed by atoms with van der Waals surface area (Å²) in [6, 6.07) is 18.5. The highest BCUT2D eigenvalue weighted by atomic mass is 16.1. The summed E-state index contributed by atoms with van der Waals surface area (Å²) in [4.78, 5) is 12.6. The minimum absolute atomic E-state index is 0.118. The Morgan fingerprint density at radius 3 is 2.46 bits per heavy atom. The highest BCUT2D eigenvalue weighted by Crippen LogP contribution is 2.33. The lowest BCUT2D eigenvalue weighted by Gasteiger charge is -2.18. The van der Waals surface area contributed by atoms with Crippen LogP contribution in [0.15, 0.2) is 60.8 Å². The molecule has 0 fully saturated rings. The minimum atomic E-state index is 0.118. The second kappa shape index (κ2) is 8.22. The van der Waals surface area contributed by atoms with Crippen molar-refractivity contribution in [2.75, 3.05) is 0 Å². The van der Waals surface area contributed by atoms with Gasteiger partial charge in [0.15, 0.2) is 0 Å². The van der Waals surface area contributed by atoms with E-state index in [1.54, 1.807) is 0 Å². The van der Waals surface area contributed by atoms with Crippen molar-refractivity contribution >= 4 is 16.8 Å². The molecule has 3 heteroatoms. The molecule has 3 aromatic rings. The first-order valence-electron chi connectivity index (χ1n) is 9.39. The molecule has 0 radical (unpaired) electrons. The van der Waals surface area contributed by atoms with Gasteiger partial charge >= 0.3 is 0 Å². The van der Waals surface area contributed by atoms with E-state index in [1.807, 2.05) is 30.3 Å². The second-order valence-electron chi connectivity index (χ2n) is 7.51. The number of carbonyl (C=O) groups is 1. The number of amides is 1. The van der Waals surface area contributed by atoms with Crippen LogP contribution in [-0.4, -0.2) is 10.5 Å². The first-order chi connectivity index (χ1) is 12.5. The minimum Gasteiger partial charge on any atom is -0.352 e. The molecule has 0 aliphatic carbocycles. The predicted octanol–water partition coefficient (Wildman–Crippen LogP) is 5.01. The van der Waals surface area contributed by atoms with Gasteiger partial charge < -0.3 is 9.88 Å². The molecule has 0 aliphatic heterocycles. The van der Waals surface area contributed by atoms with Crippen LogP contribution in [0.4, 0.5) is 0 Å². The highest BCUT2D eigenvalue weighted by Gasteiger charge is 2.21. The summed E-state index contributed by atoms with van der Waals surface area (Å²) in [6.07, 6.45) is 3.73. The van der Waals surface area contributed by atoms with Gasteiger partial charge in [0.25, 0.3) is 0 Å². The van der Waals surface area contributed by atoms with Crippen LogP contribution in [0.5, 0.6) is 0 Å². The van der Waals surface area contributed by atoms with Crippen molar-refractivity contribution in [3.05, 3.63) is 71.9 Å². The Balaban J connectivity index is 1.76. The van der Waals surface area contributed by atoms with Gasteiger partial charge in [-0.3, -0.25) is 4.79 Å². The van der Waals surface area contributed by atoms with Crippen LogP contribution < -0.4 is 5.32 Å². The summed E-state index contributed by atoms with van der Waals surface area (Å²) in [5, 5.41) is 4.34. The van der Waals surface area contributed by atoms with Gasteiger partial charge in [-0.1, -0.05) is 62.4 Å². The Morgan fingerprint density at radius 1 is 1.04 bits per heavy atom. The van der Waals surface area contributed by atoms with Crippen molar-refractivity contribution in [1.82, 2.24) is 9.88 Å². The summed E-state index contributed by atoms with van der Waals surface area (Å²) in [5.74, 6) is 0.894. The van der Waals surface area contributed by atoms with Crippen LogP contribution in [0.2, 0.25) is 0 Å². The molecule has 1 unspecified atom stereocenters. The SMILES string of the molecule is CC(C)CC(CC(=O)NCc1ccccc1)c1cn(C)c2ccccc12. The van der Waals surface area contributed by atoms with Crippen LogP contribution in [0, 0.1) is 5.92 Å². The summed E-state index contributed by atoms with van der Waals surface area (Å²) in [6.45, 7) is 5.03. The summed E-state index contributed by atoms with van der Waals surface area (Å²) < 4.78 is 2.17. The zero-order chi connectivity index (χ0) is 18.5. The van der Waals surface area contributed by atoms with Crippen LogP contribution in [0.1, 0.15) is 43.7 Å². The molecule has 1 atom stereocenters. The molecule has 3 rings (SSSR count). The highest BCUT2D eigenvalue weighted by molar-refractivity contribution is 5.85. The Kier molecular flexibility index (Phi) is 5.77. The van der Waals surface area contributed by atoms with Crippen molar-refractivity contribution in [2.45, 2.75) is 39.2 Å². The molecule has 26 heavy (non-hydrogen) atoms. The van der Waals surface area contributed by atoms with E-state index in [0.29, 0.717) is 18.9 Å². The lowest BCUT2D eigenvalue weighted by atomic mass is 9.87. The average molecular weight is 348 g/mol. The fourth-order valence-electron chi connectivity index (χ4n) is 3.68. The van der Waals surface area contributed by atoms with Gasteiger partial charge in [0.1, 0.15) is 0 Å². The average Bonchev–Trinajstić information content (AvgIpc) is 2.97. The Labute approximate surface area is 156 Å². The molecule has 1 N–H and O–H groups in total. The first kappa shape index (κ1) is 18.2. The fourth-order valence-corrected chi connectivity index (χ4v) is 3.68. The number of hydrogen-bond donors (Lipinski definition) is 1. The van der Waals surface area contributed by atoms with Gasteiger partial charge in [0.05, 0.1) is 0 Å². The van der Waals surface area contributed by atoms with Gasteiger partial charge in [-0.15, -0.1) is 0 Å². The van der Waals surface area contributed by atoms with Crippen molar-refractivity contribution in [3.63, 3.8) is 0 Å². The van der Waals surface area contributed by atoms with Crippen LogP contribution in [0.25, 0.3) is 10.9 Å². The molecular formula is C23H28N2O. The maximum atomic E-state index is 12.6.